The number of thioether (sulfide) groups is 1. The van der Waals surface area contributed by atoms with Gasteiger partial charge in [0.2, 0.25) is 5.91 Å². The van der Waals surface area contributed by atoms with E-state index in [0.29, 0.717) is 35.2 Å². The second-order valence-corrected chi connectivity index (χ2v) is 10.5. The lowest BCUT2D eigenvalue weighted by molar-refractivity contribution is -0.127. The summed E-state index contributed by atoms with van der Waals surface area (Å²) in [5.74, 6) is 0.942. The molecular weight excluding hydrogens is 433 g/mol. The number of amides is 1. The number of carbonyl (C=O) groups excluding carboxylic acids is 1. The van der Waals surface area contributed by atoms with Crippen molar-refractivity contribution in [3.05, 3.63) is 50.9 Å². The molecule has 3 aromatic rings. The number of likely N-dealkylation sites (tertiary alicyclic amines) is 1. The maximum Gasteiger partial charge on any atom is 0.267 e. The van der Waals surface area contributed by atoms with Crippen LogP contribution in [0.3, 0.4) is 0 Å². The van der Waals surface area contributed by atoms with Crippen molar-refractivity contribution < 1.29 is 9.18 Å². The minimum atomic E-state index is -0.444. The highest BCUT2D eigenvalue weighted by molar-refractivity contribution is 7.99. The molecule has 2 aliphatic rings. The molecule has 1 amide bonds. The Labute approximate surface area is 188 Å². The number of thiophene rings is 1. The smallest absolute Gasteiger partial charge is 0.267 e. The molecule has 0 bridgehead atoms. The standard InChI is InChI=1S/C23H24FN3O2S2/c1-14-8-9-15-18(13-14)31-21-20(15)22(29)27(17-6-3-2-5-16(17)24)23(25-21)30-12-11-26-10-4-7-19(26)28/h2-3,5-6,14H,4,7-13H2,1H3. The molecule has 1 unspecified atom stereocenters. The Balaban J connectivity index is 1.59. The number of halogens is 1. The second kappa shape index (κ2) is 8.39. The van der Waals surface area contributed by atoms with E-state index in [4.69, 9.17) is 4.98 Å². The summed E-state index contributed by atoms with van der Waals surface area (Å²) in [6, 6.07) is 6.35. The van der Waals surface area contributed by atoms with Gasteiger partial charge in [0.15, 0.2) is 5.16 Å². The number of hydrogen-bond acceptors (Lipinski definition) is 5. The molecule has 162 valence electrons. The molecule has 1 aromatic carbocycles. The number of aromatic nitrogens is 2. The van der Waals surface area contributed by atoms with Crippen molar-refractivity contribution in [2.24, 2.45) is 5.92 Å². The molecule has 1 saturated heterocycles. The Morgan fingerprint density at radius 2 is 2.10 bits per heavy atom. The van der Waals surface area contributed by atoms with Crippen LogP contribution in [0.2, 0.25) is 0 Å². The van der Waals surface area contributed by atoms with E-state index < -0.39 is 5.82 Å². The van der Waals surface area contributed by atoms with Crippen LogP contribution >= 0.6 is 23.1 Å². The van der Waals surface area contributed by atoms with E-state index in [1.54, 1.807) is 29.5 Å². The highest BCUT2D eigenvalue weighted by Gasteiger charge is 2.26. The molecule has 2 aromatic heterocycles. The minimum Gasteiger partial charge on any atom is -0.342 e. The van der Waals surface area contributed by atoms with E-state index in [9.17, 15) is 14.0 Å². The van der Waals surface area contributed by atoms with E-state index in [-0.39, 0.29) is 17.2 Å². The molecule has 5 nitrogen and oxygen atoms in total. The van der Waals surface area contributed by atoms with Crippen molar-refractivity contribution >= 4 is 39.2 Å². The zero-order valence-corrected chi connectivity index (χ0v) is 19.0. The Hall–Kier alpha value is -2.19. The van der Waals surface area contributed by atoms with Crippen LogP contribution in [-0.2, 0) is 17.6 Å². The largest absolute Gasteiger partial charge is 0.342 e. The Bertz CT molecular complexity index is 1220. The van der Waals surface area contributed by atoms with E-state index in [1.165, 1.54) is 27.3 Å². The van der Waals surface area contributed by atoms with Gasteiger partial charge < -0.3 is 4.90 Å². The van der Waals surface area contributed by atoms with E-state index >= 15 is 0 Å². The Kier molecular flexibility index (Phi) is 5.60. The lowest BCUT2D eigenvalue weighted by Crippen LogP contribution is -2.27. The molecule has 0 radical (unpaired) electrons. The third-order valence-electron chi connectivity index (χ3n) is 6.16. The average Bonchev–Trinajstić information content (AvgIpc) is 3.31. The fourth-order valence-electron chi connectivity index (χ4n) is 4.50. The molecule has 1 atom stereocenters. The summed E-state index contributed by atoms with van der Waals surface area (Å²) >= 11 is 3.02. The van der Waals surface area contributed by atoms with Gasteiger partial charge in [0.05, 0.1) is 11.1 Å². The first-order chi connectivity index (χ1) is 15.0. The second-order valence-electron chi connectivity index (χ2n) is 8.35. The van der Waals surface area contributed by atoms with Crippen LogP contribution in [0.5, 0.6) is 0 Å². The van der Waals surface area contributed by atoms with Crippen molar-refractivity contribution in [1.29, 1.82) is 0 Å². The number of fused-ring (bicyclic) bond motifs is 3. The molecule has 5 rings (SSSR count). The van der Waals surface area contributed by atoms with E-state index in [2.05, 4.69) is 6.92 Å². The van der Waals surface area contributed by atoms with Gasteiger partial charge in [0.1, 0.15) is 10.6 Å². The van der Waals surface area contributed by atoms with Gasteiger partial charge in [-0.05, 0) is 49.3 Å². The first-order valence-corrected chi connectivity index (χ1v) is 12.6. The van der Waals surface area contributed by atoms with Crippen LogP contribution < -0.4 is 5.56 Å². The molecule has 0 N–H and O–H groups in total. The Morgan fingerprint density at radius 1 is 1.26 bits per heavy atom. The van der Waals surface area contributed by atoms with Gasteiger partial charge in [0.25, 0.3) is 5.56 Å². The SMILES string of the molecule is CC1CCc2c(sc3nc(SCCN4CCCC4=O)n(-c4ccccc4F)c(=O)c23)C1. The molecule has 1 aliphatic carbocycles. The third kappa shape index (κ3) is 3.80. The van der Waals surface area contributed by atoms with Gasteiger partial charge >= 0.3 is 0 Å². The molecular formula is C23H24FN3O2S2. The van der Waals surface area contributed by atoms with Gasteiger partial charge in [-0.1, -0.05) is 30.8 Å². The number of benzene rings is 1. The van der Waals surface area contributed by atoms with Crippen LogP contribution in [-0.4, -0.2) is 39.2 Å². The molecule has 0 saturated carbocycles. The summed E-state index contributed by atoms with van der Waals surface area (Å²) in [5.41, 5.74) is 1.13. The summed E-state index contributed by atoms with van der Waals surface area (Å²) in [5, 5.41) is 1.13. The van der Waals surface area contributed by atoms with Gasteiger partial charge in [0, 0.05) is 30.1 Å². The monoisotopic (exact) mass is 457 g/mol. The highest BCUT2D eigenvalue weighted by atomic mass is 32.2. The first kappa shape index (κ1) is 20.7. The molecule has 0 spiro atoms. The van der Waals surface area contributed by atoms with Gasteiger partial charge in [-0.25, -0.2) is 9.37 Å². The zero-order valence-electron chi connectivity index (χ0n) is 17.4. The predicted octanol–water partition coefficient (Wildman–Crippen LogP) is 4.43. The molecule has 1 fully saturated rings. The summed E-state index contributed by atoms with van der Waals surface area (Å²) in [7, 11) is 0. The number of nitrogens with zero attached hydrogens (tertiary/aromatic N) is 3. The number of hydrogen-bond donors (Lipinski definition) is 0. The Morgan fingerprint density at radius 3 is 2.87 bits per heavy atom. The van der Waals surface area contributed by atoms with Crippen LogP contribution in [0.4, 0.5) is 4.39 Å². The first-order valence-electron chi connectivity index (χ1n) is 10.8. The molecule has 1 aliphatic heterocycles. The fourth-order valence-corrected chi connectivity index (χ4v) is 6.89. The normalized spacial score (nSPS) is 18.7. The number of aryl methyl sites for hydroxylation is 1. The van der Waals surface area contributed by atoms with Crippen molar-refractivity contribution in [3.63, 3.8) is 0 Å². The lowest BCUT2D eigenvalue weighted by Gasteiger charge is -2.18. The van der Waals surface area contributed by atoms with E-state index in [1.807, 2.05) is 4.90 Å². The molecule has 31 heavy (non-hydrogen) atoms. The summed E-state index contributed by atoms with van der Waals surface area (Å²) < 4.78 is 16.2. The number of rotatable bonds is 5. The fraction of sp³-hybridized carbons (Fsp3) is 0.435. The topological polar surface area (TPSA) is 55.2 Å². The van der Waals surface area contributed by atoms with Crippen LogP contribution in [0.1, 0.15) is 36.6 Å². The van der Waals surface area contributed by atoms with Crippen molar-refractivity contribution in [2.75, 3.05) is 18.8 Å². The summed E-state index contributed by atoms with van der Waals surface area (Å²) in [6.45, 7) is 3.62. The summed E-state index contributed by atoms with van der Waals surface area (Å²) in [4.78, 5) is 34.3. The molecule has 3 heterocycles. The van der Waals surface area contributed by atoms with Crippen LogP contribution in [0.25, 0.3) is 15.9 Å². The quantitative estimate of drug-likeness (QED) is 0.420. The predicted molar refractivity (Wildman–Crippen MR) is 123 cm³/mol. The van der Waals surface area contributed by atoms with Crippen LogP contribution in [0, 0.1) is 11.7 Å². The zero-order chi connectivity index (χ0) is 21.5. The van der Waals surface area contributed by atoms with Crippen molar-refractivity contribution in [3.8, 4) is 5.69 Å². The van der Waals surface area contributed by atoms with Gasteiger partial charge in [-0.3, -0.25) is 14.2 Å². The van der Waals surface area contributed by atoms with Crippen molar-refractivity contribution in [1.82, 2.24) is 14.5 Å². The maximum atomic E-state index is 14.7. The third-order valence-corrected chi connectivity index (χ3v) is 8.22. The van der Waals surface area contributed by atoms with E-state index in [0.717, 1.165) is 42.6 Å². The maximum absolute atomic E-state index is 14.7. The average molecular weight is 458 g/mol. The number of para-hydroxylation sites is 1. The lowest BCUT2D eigenvalue weighted by atomic mass is 9.89. The van der Waals surface area contributed by atoms with Gasteiger partial charge in [-0.15, -0.1) is 11.3 Å². The molecule has 8 heteroatoms. The highest BCUT2D eigenvalue weighted by Crippen LogP contribution is 2.37. The van der Waals surface area contributed by atoms with Crippen molar-refractivity contribution in [2.45, 2.75) is 44.2 Å². The van der Waals surface area contributed by atoms with Gasteiger partial charge in [-0.2, -0.15) is 0 Å². The number of carbonyl (C=O) groups is 1. The summed E-state index contributed by atoms with van der Waals surface area (Å²) in [6.07, 6.45) is 4.39. The minimum absolute atomic E-state index is 0.176. The van der Waals surface area contributed by atoms with Crippen LogP contribution in [0.15, 0.2) is 34.2 Å².